The maximum absolute atomic E-state index is 10.9. The fourth-order valence-electron chi connectivity index (χ4n) is 3.19. The normalized spacial score (nSPS) is 21.5. The van der Waals surface area contributed by atoms with Gasteiger partial charge in [-0.15, -0.1) is 12.4 Å². The van der Waals surface area contributed by atoms with Crippen LogP contribution < -0.4 is 4.74 Å². The molecule has 0 N–H and O–H groups in total. The van der Waals surface area contributed by atoms with Gasteiger partial charge >= 0.3 is 0 Å². The molecule has 0 bridgehead atoms. The zero-order valence-corrected chi connectivity index (χ0v) is 14.9. The minimum atomic E-state index is 0. The first-order valence-electron chi connectivity index (χ1n) is 8.16. The molecule has 23 heavy (non-hydrogen) atoms. The molecule has 0 aliphatic carbocycles. The number of carbonyl (C=O) groups is 1. The third-order valence-corrected chi connectivity index (χ3v) is 4.03. The lowest BCUT2D eigenvalue weighted by atomic mass is 9.92. The molecular formula is C18H28ClNO3. The van der Waals surface area contributed by atoms with Crippen LogP contribution in [-0.2, 0) is 4.74 Å². The van der Waals surface area contributed by atoms with E-state index in [1.807, 2.05) is 12.1 Å². The number of hydrogen-bond donors (Lipinski definition) is 0. The molecule has 130 valence electrons. The molecule has 2 rings (SSSR count). The maximum atomic E-state index is 10.9. The molecule has 4 nitrogen and oxygen atoms in total. The minimum Gasteiger partial charge on any atom is -0.490 e. The lowest BCUT2D eigenvalue weighted by Crippen LogP contribution is -2.40. The van der Waals surface area contributed by atoms with E-state index in [0.29, 0.717) is 24.5 Å². The Labute approximate surface area is 145 Å². The van der Waals surface area contributed by atoms with Crippen LogP contribution in [0.1, 0.15) is 30.6 Å². The number of piperidine rings is 1. The summed E-state index contributed by atoms with van der Waals surface area (Å²) in [6.45, 7) is 9.74. The van der Waals surface area contributed by atoms with Crippen molar-refractivity contribution in [1.82, 2.24) is 4.90 Å². The predicted molar refractivity (Wildman–Crippen MR) is 94.8 cm³/mol. The summed E-state index contributed by atoms with van der Waals surface area (Å²) in [5.74, 6) is 2.19. The molecule has 1 heterocycles. The van der Waals surface area contributed by atoms with Crippen molar-refractivity contribution >= 4 is 18.7 Å². The second kappa shape index (κ2) is 10.6. The summed E-state index contributed by atoms with van der Waals surface area (Å²) in [7, 11) is 0. The molecule has 1 aliphatic heterocycles. The van der Waals surface area contributed by atoms with E-state index in [-0.39, 0.29) is 12.4 Å². The molecule has 0 amide bonds. The van der Waals surface area contributed by atoms with E-state index in [1.54, 1.807) is 12.1 Å². The van der Waals surface area contributed by atoms with Gasteiger partial charge < -0.3 is 14.4 Å². The van der Waals surface area contributed by atoms with Crippen LogP contribution in [0.25, 0.3) is 0 Å². The molecule has 1 fully saturated rings. The fraction of sp³-hybridized carbons (Fsp3) is 0.611. The minimum absolute atomic E-state index is 0. The first-order valence-corrected chi connectivity index (χ1v) is 8.16. The zero-order chi connectivity index (χ0) is 15.8. The lowest BCUT2D eigenvalue weighted by molar-refractivity contribution is 0.0593. The zero-order valence-electron chi connectivity index (χ0n) is 14.1. The molecule has 1 saturated heterocycles. The molecule has 5 heteroatoms. The quantitative estimate of drug-likeness (QED) is 0.537. The number of likely N-dealkylation sites (tertiary alicyclic amines) is 1. The van der Waals surface area contributed by atoms with Crippen molar-refractivity contribution in [3.63, 3.8) is 0 Å². The summed E-state index contributed by atoms with van der Waals surface area (Å²) in [5.41, 5.74) is 0.582. The number of benzene rings is 1. The summed E-state index contributed by atoms with van der Waals surface area (Å²) in [4.78, 5) is 13.4. The van der Waals surface area contributed by atoms with Crippen molar-refractivity contribution in [3.8, 4) is 5.75 Å². The molecule has 0 radical (unpaired) electrons. The van der Waals surface area contributed by atoms with Gasteiger partial charge in [0.2, 0.25) is 0 Å². The molecule has 1 aromatic rings. The van der Waals surface area contributed by atoms with E-state index >= 15 is 0 Å². The van der Waals surface area contributed by atoms with Gasteiger partial charge in [-0.1, -0.05) is 26.0 Å². The number of hydrogen-bond acceptors (Lipinski definition) is 4. The number of aldehydes is 1. The average molecular weight is 342 g/mol. The standard InChI is InChI=1S/C18H27NO3.ClH/c1-15-11-16(2)13-19(12-15)7-8-21-9-10-22-18-6-4-3-5-17(18)14-20;/h3-6,14-16H,7-13H2,1-2H3;1H. The summed E-state index contributed by atoms with van der Waals surface area (Å²) in [5, 5.41) is 0. The maximum Gasteiger partial charge on any atom is 0.153 e. The van der Waals surface area contributed by atoms with Crippen molar-refractivity contribution in [1.29, 1.82) is 0 Å². The fourth-order valence-corrected chi connectivity index (χ4v) is 3.19. The van der Waals surface area contributed by atoms with Gasteiger partial charge in [0.1, 0.15) is 12.4 Å². The molecule has 1 aromatic carbocycles. The van der Waals surface area contributed by atoms with Crippen molar-refractivity contribution < 1.29 is 14.3 Å². The van der Waals surface area contributed by atoms with Gasteiger partial charge in [-0.05, 0) is 30.4 Å². The molecule has 0 saturated carbocycles. The second-order valence-electron chi connectivity index (χ2n) is 6.32. The Morgan fingerprint density at radius 2 is 1.83 bits per heavy atom. The third kappa shape index (κ3) is 6.90. The number of rotatable bonds is 8. The highest BCUT2D eigenvalue weighted by Crippen LogP contribution is 2.20. The molecule has 0 spiro atoms. The summed E-state index contributed by atoms with van der Waals surface area (Å²) in [6, 6.07) is 7.25. The molecular weight excluding hydrogens is 314 g/mol. The van der Waals surface area contributed by atoms with Crippen molar-refractivity contribution in [2.24, 2.45) is 11.8 Å². The third-order valence-electron chi connectivity index (χ3n) is 4.03. The Kier molecular flexibility index (Phi) is 9.22. The van der Waals surface area contributed by atoms with Crippen molar-refractivity contribution in [3.05, 3.63) is 29.8 Å². The topological polar surface area (TPSA) is 38.8 Å². The molecule has 2 unspecified atom stereocenters. The van der Waals surface area contributed by atoms with Crippen LogP contribution in [0.2, 0.25) is 0 Å². The van der Waals surface area contributed by atoms with E-state index in [0.717, 1.165) is 31.3 Å². The van der Waals surface area contributed by atoms with Gasteiger partial charge in [0.25, 0.3) is 0 Å². The summed E-state index contributed by atoms with van der Waals surface area (Å²) in [6.07, 6.45) is 2.15. The Hall–Kier alpha value is -1.10. The predicted octanol–water partition coefficient (Wildman–Crippen LogP) is 3.29. The van der Waals surface area contributed by atoms with E-state index < -0.39 is 0 Å². The summed E-state index contributed by atoms with van der Waals surface area (Å²) < 4.78 is 11.2. The van der Waals surface area contributed by atoms with Gasteiger partial charge in [-0.25, -0.2) is 0 Å². The average Bonchev–Trinajstić information content (AvgIpc) is 2.50. The number of halogens is 1. The molecule has 1 aliphatic rings. The van der Waals surface area contributed by atoms with Crippen LogP contribution in [0.5, 0.6) is 5.75 Å². The molecule has 2 atom stereocenters. The van der Waals surface area contributed by atoms with Gasteiger partial charge in [-0.3, -0.25) is 4.79 Å². The Bertz CT molecular complexity index is 459. The summed E-state index contributed by atoms with van der Waals surface area (Å²) >= 11 is 0. The monoisotopic (exact) mass is 341 g/mol. The lowest BCUT2D eigenvalue weighted by Gasteiger charge is -2.34. The van der Waals surface area contributed by atoms with Crippen molar-refractivity contribution in [2.45, 2.75) is 20.3 Å². The largest absolute Gasteiger partial charge is 0.490 e. The van der Waals surface area contributed by atoms with Crippen LogP contribution in [0.3, 0.4) is 0 Å². The molecule has 0 aromatic heterocycles. The van der Waals surface area contributed by atoms with Gasteiger partial charge in [0.15, 0.2) is 6.29 Å². The van der Waals surface area contributed by atoms with E-state index in [1.165, 1.54) is 19.5 Å². The SMILES string of the molecule is CC1CC(C)CN(CCOCCOc2ccccc2C=O)C1.Cl. The van der Waals surface area contributed by atoms with Gasteiger partial charge in [-0.2, -0.15) is 0 Å². The van der Waals surface area contributed by atoms with Crippen molar-refractivity contribution in [2.75, 3.05) is 39.5 Å². The Balaban J connectivity index is 0.00000264. The number of carbonyl (C=O) groups excluding carboxylic acids is 1. The van der Waals surface area contributed by atoms with Gasteiger partial charge in [0, 0.05) is 19.6 Å². The highest BCUT2D eigenvalue weighted by molar-refractivity contribution is 5.85. The van der Waals surface area contributed by atoms with E-state index in [2.05, 4.69) is 18.7 Å². The second-order valence-corrected chi connectivity index (χ2v) is 6.32. The van der Waals surface area contributed by atoms with Gasteiger partial charge in [0.05, 0.1) is 18.8 Å². The van der Waals surface area contributed by atoms with Crippen LogP contribution in [0, 0.1) is 11.8 Å². The number of nitrogens with zero attached hydrogens (tertiary/aromatic N) is 1. The first-order chi connectivity index (χ1) is 10.7. The van der Waals surface area contributed by atoms with Crippen LogP contribution in [0.15, 0.2) is 24.3 Å². The van der Waals surface area contributed by atoms with Crippen LogP contribution >= 0.6 is 12.4 Å². The van der Waals surface area contributed by atoms with Crippen LogP contribution in [0.4, 0.5) is 0 Å². The highest BCUT2D eigenvalue weighted by Gasteiger charge is 2.21. The first kappa shape index (κ1) is 19.9. The number of ether oxygens (including phenoxy) is 2. The highest BCUT2D eigenvalue weighted by atomic mass is 35.5. The smallest absolute Gasteiger partial charge is 0.153 e. The van der Waals surface area contributed by atoms with Crippen LogP contribution in [-0.4, -0.2) is 50.6 Å². The van der Waals surface area contributed by atoms with E-state index in [4.69, 9.17) is 9.47 Å². The van der Waals surface area contributed by atoms with E-state index in [9.17, 15) is 4.79 Å². The Morgan fingerprint density at radius 1 is 1.13 bits per heavy atom. The number of para-hydroxylation sites is 1. The Morgan fingerprint density at radius 3 is 2.52 bits per heavy atom.